The largest absolute Gasteiger partial charge is 0.368 e. The molecule has 78 valence electrons. The molecule has 2 heterocycles. The van der Waals surface area contributed by atoms with Crippen molar-refractivity contribution < 1.29 is 0 Å². The van der Waals surface area contributed by atoms with Crippen molar-refractivity contribution in [1.82, 2.24) is 9.97 Å². The van der Waals surface area contributed by atoms with E-state index in [1.807, 2.05) is 12.1 Å². The third-order valence-electron chi connectivity index (χ3n) is 1.75. The van der Waals surface area contributed by atoms with Gasteiger partial charge in [-0.2, -0.15) is 4.98 Å². The van der Waals surface area contributed by atoms with Crippen LogP contribution in [0.1, 0.15) is 4.88 Å². The normalized spacial score (nSPS) is 10.2. The van der Waals surface area contributed by atoms with E-state index in [9.17, 15) is 0 Å². The molecule has 0 unspecified atom stereocenters. The number of anilines is 2. The smallest absolute Gasteiger partial charge is 0.221 e. The minimum atomic E-state index is 0.268. The molecule has 0 amide bonds. The van der Waals surface area contributed by atoms with Gasteiger partial charge in [-0.25, -0.2) is 4.98 Å². The Kier molecular flexibility index (Phi) is 3.03. The van der Waals surface area contributed by atoms with E-state index >= 15 is 0 Å². The first-order valence-electron chi connectivity index (χ1n) is 4.30. The lowest BCUT2D eigenvalue weighted by Gasteiger charge is -2.03. The van der Waals surface area contributed by atoms with Crippen molar-refractivity contribution >= 4 is 34.7 Å². The topological polar surface area (TPSA) is 63.8 Å². The van der Waals surface area contributed by atoms with E-state index in [-0.39, 0.29) is 5.95 Å². The van der Waals surface area contributed by atoms with Crippen LogP contribution < -0.4 is 11.1 Å². The van der Waals surface area contributed by atoms with Crippen LogP contribution in [0.2, 0.25) is 4.34 Å². The van der Waals surface area contributed by atoms with Gasteiger partial charge in [-0.1, -0.05) is 11.6 Å². The first-order valence-corrected chi connectivity index (χ1v) is 5.50. The van der Waals surface area contributed by atoms with E-state index in [1.165, 1.54) is 11.3 Å². The third-order valence-corrected chi connectivity index (χ3v) is 2.98. The molecule has 0 radical (unpaired) electrons. The molecule has 2 rings (SSSR count). The van der Waals surface area contributed by atoms with Crippen molar-refractivity contribution in [2.75, 3.05) is 11.1 Å². The lowest BCUT2D eigenvalue weighted by atomic mass is 10.4. The molecule has 0 saturated heterocycles. The van der Waals surface area contributed by atoms with Gasteiger partial charge in [0.1, 0.15) is 5.82 Å². The highest BCUT2D eigenvalue weighted by molar-refractivity contribution is 7.16. The molecular formula is C9H9ClN4S. The highest BCUT2D eigenvalue weighted by atomic mass is 35.5. The van der Waals surface area contributed by atoms with Gasteiger partial charge in [0.2, 0.25) is 5.95 Å². The summed E-state index contributed by atoms with van der Waals surface area (Å²) in [5.74, 6) is 0.983. The third kappa shape index (κ3) is 2.81. The molecule has 2 aromatic rings. The molecule has 15 heavy (non-hydrogen) atoms. The lowest BCUT2D eigenvalue weighted by Crippen LogP contribution is -2.02. The van der Waals surface area contributed by atoms with Crippen LogP contribution in [0.15, 0.2) is 24.4 Å². The molecule has 6 heteroatoms. The summed E-state index contributed by atoms with van der Waals surface area (Å²) >= 11 is 7.35. The Balaban J connectivity index is 1.99. The van der Waals surface area contributed by atoms with Crippen LogP contribution in [-0.4, -0.2) is 9.97 Å². The second-order valence-corrected chi connectivity index (χ2v) is 4.66. The van der Waals surface area contributed by atoms with Crippen molar-refractivity contribution in [1.29, 1.82) is 0 Å². The first-order chi connectivity index (χ1) is 7.24. The fourth-order valence-electron chi connectivity index (χ4n) is 1.10. The monoisotopic (exact) mass is 240 g/mol. The SMILES string of the molecule is Nc1nccc(NCc2ccc(Cl)s2)n1. The average Bonchev–Trinajstić information content (AvgIpc) is 2.62. The summed E-state index contributed by atoms with van der Waals surface area (Å²) in [7, 11) is 0. The minimum absolute atomic E-state index is 0.268. The van der Waals surface area contributed by atoms with Crippen molar-refractivity contribution in [2.24, 2.45) is 0 Å². The highest BCUT2D eigenvalue weighted by Crippen LogP contribution is 2.21. The summed E-state index contributed by atoms with van der Waals surface area (Å²) in [6.07, 6.45) is 1.62. The molecule has 0 spiro atoms. The van der Waals surface area contributed by atoms with E-state index in [1.54, 1.807) is 12.3 Å². The maximum atomic E-state index is 5.81. The zero-order valence-corrected chi connectivity index (χ0v) is 9.35. The molecule has 0 bridgehead atoms. The van der Waals surface area contributed by atoms with Gasteiger partial charge in [-0.05, 0) is 18.2 Å². The van der Waals surface area contributed by atoms with Gasteiger partial charge >= 0.3 is 0 Å². The standard InChI is InChI=1S/C9H9ClN4S/c10-7-2-1-6(15-7)5-13-8-3-4-12-9(11)14-8/h1-4H,5H2,(H3,11,12,13,14). The van der Waals surface area contributed by atoms with Crippen LogP contribution in [0.3, 0.4) is 0 Å². The number of hydrogen-bond donors (Lipinski definition) is 2. The summed E-state index contributed by atoms with van der Waals surface area (Å²) in [5.41, 5.74) is 5.45. The minimum Gasteiger partial charge on any atom is -0.368 e. The number of nitrogens with zero attached hydrogens (tertiary/aromatic N) is 2. The van der Waals surface area contributed by atoms with Crippen LogP contribution in [0.4, 0.5) is 11.8 Å². The number of nitrogens with two attached hydrogens (primary N) is 1. The second kappa shape index (κ2) is 4.46. The highest BCUT2D eigenvalue weighted by Gasteiger charge is 1.99. The van der Waals surface area contributed by atoms with Gasteiger partial charge in [0.25, 0.3) is 0 Å². The summed E-state index contributed by atoms with van der Waals surface area (Å²) in [5, 5.41) is 3.14. The summed E-state index contributed by atoms with van der Waals surface area (Å²) in [6, 6.07) is 5.62. The van der Waals surface area contributed by atoms with E-state index in [4.69, 9.17) is 17.3 Å². The molecular weight excluding hydrogens is 232 g/mol. The quantitative estimate of drug-likeness (QED) is 0.865. The van der Waals surface area contributed by atoms with Crippen LogP contribution in [0, 0.1) is 0 Å². The fraction of sp³-hybridized carbons (Fsp3) is 0.111. The molecule has 0 aliphatic carbocycles. The van der Waals surface area contributed by atoms with Gasteiger partial charge in [0, 0.05) is 11.1 Å². The maximum absolute atomic E-state index is 5.81. The van der Waals surface area contributed by atoms with E-state index in [0.29, 0.717) is 12.4 Å². The predicted octanol–water partition coefficient (Wildman–Crippen LogP) is 2.39. The van der Waals surface area contributed by atoms with Crippen LogP contribution in [-0.2, 0) is 6.54 Å². The zero-order chi connectivity index (χ0) is 10.7. The van der Waals surface area contributed by atoms with Crippen molar-refractivity contribution in [3.8, 4) is 0 Å². The van der Waals surface area contributed by atoms with Crippen LogP contribution in [0.5, 0.6) is 0 Å². The van der Waals surface area contributed by atoms with Gasteiger partial charge in [0.05, 0.1) is 10.9 Å². The molecule has 0 atom stereocenters. The van der Waals surface area contributed by atoms with Gasteiger partial charge in [-0.15, -0.1) is 11.3 Å². The predicted molar refractivity (Wildman–Crippen MR) is 63.1 cm³/mol. The molecule has 0 aromatic carbocycles. The molecule has 0 fully saturated rings. The average molecular weight is 241 g/mol. The zero-order valence-electron chi connectivity index (χ0n) is 7.77. The number of rotatable bonds is 3. The number of halogens is 1. The maximum Gasteiger partial charge on any atom is 0.221 e. The van der Waals surface area contributed by atoms with Crippen molar-refractivity contribution in [3.63, 3.8) is 0 Å². The van der Waals surface area contributed by atoms with E-state index < -0.39 is 0 Å². The Morgan fingerprint density at radius 1 is 1.40 bits per heavy atom. The number of thiophene rings is 1. The molecule has 3 N–H and O–H groups in total. The van der Waals surface area contributed by atoms with Gasteiger partial charge in [-0.3, -0.25) is 0 Å². The Morgan fingerprint density at radius 3 is 2.93 bits per heavy atom. The van der Waals surface area contributed by atoms with E-state index in [0.717, 1.165) is 9.21 Å². The first kappa shape index (κ1) is 10.2. The molecule has 0 saturated carbocycles. The molecule has 4 nitrogen and oxygen atoms in total. The number of nitrogen functional groups attached to an aromatic ring is 1. The Labute approximate surface area is 96.1 Å². The van der Waals surface area contributed by atoms with Crippen molar-refractivity contribution in [3.05, 3.63) is 33.6 Å². The molecule has 0 aliphatic rings. The molecule has 0 aliphatic heterocycles. The van der Waals surface area contributed by atoms with Crippen LogP contribution in [0.25, 0.3) is 0 Å². The Hall–Kier alpha value is -1.33. The van der Waals surface area contributed by atoms with Crippen molar-refractivity contribution in [2.45, 2.75) is 6.54 Å². The number of aromatic nitrogens is 2. The second-order valence-electron chi connectivity index (χ2n) is 2.86. The summed E-state index contributed by atoms with van der Waals surface area (Å²) < 4.78 is 0.786. The number of nitrogens with one attached hydrogen (secondary N) is 1. The fourth-order valence-corrected chi connectivity index (χ4v) is 2.12. The van der Waals surface area contributed by atoms with Gasteiger partial charge in [0.15, 0.2) is 0 Å². The molecule has 2 aromatic heterocycles. The van der Waals surface area contributed by atoms with Crippen LogP contribution >= 0.6 is 22.9 Å². The van der Waals surface area contributed by atoms with Gasteiger partial charge < -0.3 is 11.1 Å². The Bertz CT molecular complexity index is 457. The summed E-state index contributed by atoms with van der Waals surface area (Å²) in [4.78, 5) is 8.98. The Morgan fingerprint density at radius 2 is 2.27 bits per heavy atom. The summed E-state index contributed by atoms with van der Waals surface area (Å²) in [6.45, 7) is 0.688. The lowest BCUT2D eigenvalue weighted by molar-refractivity contribution is 1.11. The van der Waals surface area contributed by atoms with E-state index in [2.05, 4.69) is 15.3 Å². The number of hydrogen-bond acceptors (Lipinski definition) is 5.